The molecule has 2 amide bonds. The number of carbonyl (C=O) groups excluding carboxylic acids is 1. The van der Waals surface area contributed by atoms with E-state index in [-0.39, 0.29) is 6.03 Å². The number of benzene rings is 1. The van der Waals surface area contributed by atoms with Gasteiger partial charge in [0.1, 0.15) is 5.82 Å². The highest BCUT2D eigenvalue weighted by molar-refractivity contribution is 5.89. The molecule has 2 N–H and O–H groups in total. The second-order valence-electron chi connectivity index (χ2n) is 4.32. The first kappa shape index (κ1) is 13.5. The van der Waals surface area contributed by atoms with Crippen molar-refractivity contribution in [1.82, 2.24) is 20.1 Å². The van der Waals surface area contributed by atoms with Crippen molar-refractivity contribution in [1.29, 1.82) is 5.26 Å². The maximum Gasteiger partial charge on any atom is 0.321 e. The summed E-state index contributed by atoms with van der Waals surface area (Å²) >= 11 is 0. The van der Waals surface area contributed by atoms with Gasteiger partial charge in [-0.1, -0.05) is 6.07 Å². The van der Waals surface area contributed by atoms with Crippen LogP contribution >= 0.6 is 0 Å². The lowest BCUT2D eigenvalue weighted by molar-refractivity contribution is 0.219. The van der Waals surface area contributed by atoms with Crippen LogP contribution in [0.5, 0.6) is 0 Å². The third-order valence-corrected chi connectivity index (χ3v) is 2.61. The Hall–Kier alpha value is -2.88. The first-order valence-corrected chi connectivity index (χ1v) is 5.98. The number of hydrogen-bond acceptors (Lipinski definition) is 4. The third kappa shape index (κ3) is 3.32. The molecular formula is C13H14N6O. The molecule has 0 atom stereocenters. The lowest BCUT2D eigenvalue weighted by Crippen LogP contribution is -2.31. The number of nitrogens with one attached hydrogen (secondary N) is 2. The number of H-pyrrole nitrogens is 1. The smallest absolute Gasteiger partial charge is 0.320 e. The van der Waals surface area contributed by atoms with Crippen LogP contribution in [0.3, 0.4) is 0 Å². The number of amides is 2. The van der Waals surface area contributed by atoms with Crippen LogP contribution in [-0.2, 0) is 6.54 Å². The van der Waals surface area contributed by atoms with Gasteiger partial charge >= 0.3 is 6.03 Å². The quantitative estimate of drug-likeness (QED) is 0.886. The third-order valence-electron chi connectivity index (χ3n) is 2.61. The number of nitriles is 1. The van der Waals surface area contributed by atoms with Crippen molar-refractivity contribution in [2.24, 2.45) is 0 Å². The first-order valence-electron chi connectivity index (χ1n) is 5.98. The Balaban J connectivity index is 1.98. The van der Waals surface area contributed by atoms with Crippen molar-refractivity contribution in [2.75, 3.05) is 12.4 Å². The molecule has 7 heteroatoms. The van der Waals surface area contributed by atoms with E-state index < -0.39 is 0 Å². The molecule has 0 aliphatic rings. The first-order chi connectivity index (χ1) is 9.58. The summed E-state index contributed by atoms with van der Waals surface area (Å²) < 4.78 is 0. The van der Waals surface area contributed by atoms with Gasteiger partial charge < -0.3 is 10.2 Å². The summed E-state index contributed by atoms with van der Waals surface area (Å²) in [5.41, 5.74) is 1.07. The number of urea groups is 1. The zero-order chi connectivity index (χ0) is 14.5. The number of rotatable bonds is 3. The van der Waals surface area contributed by atoms with Crippen molar-refractivity contribution in [3.8, 4) is 6.07 Å². The molecule has 1 heterocycles. The van der Waals surface area contributed by atoms with Gasteiger partial charge in [0, 0.05) is 12.7 Å². The predicted molar refractivity (Wildman–Crippen MR) is 72.8 cm³/mol. The molecule has 2 aromatic rings. The second-order valence-corrected chi connectivity index (χ2v) is 4.32. The molecule has 1 aromatic carbocycles. The molecule has 0 spiro atoms. The number of carbonyl (C=O) groups is 1. The lowest BCUT2D eigenvalue weighted by Gasteiger charge is -2.16. The maximum absolute atomic E-state index is 12.0. The summed E-state index contributed by atoms with van der Waals surface area (Å²) in [6.45, 7) is 2.10. The van der Waals surface area contributed by atoms with E-state index >= 15 is 0 Å². The number of anilines is 1. The van der Waals surface area contributed by atoms with E-state index in [1.54, 1.807) is 38.2 Å². The minimum atomic E-state index is -0.289. The summed E-state index contributed by atoms with van der Waals surface area (Å²) in [6.07, 6.45) is 0. The summed E-state index contributed by atoms with van der Waals surface area (Å²) in [7, 11) is 1.65. The number of hydrogen-bond donors (Lipinski definition) is 2. The van der Waals surface area contributed by atoms with Crippen LogP contribution < -0.4 is 5.32 Å². The molecule has 0 bridgehead atoms. The van der Waals surface area contributed by atoms with Gasteiger partial charge in [0.25, 0.3) is 0 Å². The van der Waals surface area contributed by atoms with Gasteiger partial charge in [0.05, 0.1) is 18.2 Å². The second kappa shape index (κ2) is 5.84. The topological polar surface area (TPSA) is 97.7 Å². The molecular weight excluding hydrogens is 256 g/mol. The molecule has 7 nitrogen and oxygen atoms in total. The summed E-state index contributed by atoms with van der Waals surface area (Å²) in [6, 6.07) is 8.47. The van der Waals surface area contributed by atoms with Gasteiger partial charge in [-0.2, -0.15) is 10.4 Å². The fraction of sp³-hybridized carbons (Fsp3) is 0.231. The van der Waals surface area contributed by atoms with Crippen LogP contribution in [0.15, 0.2) is 24.3 Å². The Bertz CT molecular complexity index is 657. The van der Waals surface area contributed by atoms with Crippen LogP contribution in [0.2, 0.25) is 0 Å². The van der Waals surface area contributed by atoms with E-state index in [0.717, 1.165) is 0 Å². The standard InChI is InChI=1S/C13H14N6O/c1-9-15-12(18-17-9)8-19(2)13(20)16-11-5-3-4-10(6-11)7-14/h3-6H,8H2,1-2H3,(H,16,20)(H,15,17,18). The van der Waals surface area contributed by atoms with Gasteiger partial charge in [0.15, 0.2) is 5.82 Å². The average molecular weight is 270 g/mol. The molecule has 1 aromatic heterocycles. The minimum Gasteiger partial charge on any atom is -0.320 e. The van der Waals surface area contributed by atoms with Gasteiger partial charge in [-0.15, -0.1) is 0 Å². The van der Waals surface area contributed by atoms with Crippen molar-refractivity contribution in [3.05, 3.63) is 41.5 Å². The van der Waals surface area contributed by atoms with Crippen molar-refractivity contribution >= 4 is 11.7 Å². The Morgan fingerprint density at radius 2 is 2.35 bits per heavy atom. The minimum absolute atomic E-state index is 0.289. The predicted octanol–water partition coefficient (Wildman–Crippen LogP) is 1.65. The molecule has 20 heavy (non-hydrogen) atoms. The lowest BCUT2D eigenvalue weighted by atomic mass is 10.2. The zero-order valence-electron chi connectivity index (χ0n) is 11.2. The highest BCUT2D eigenvalue weighted by Crippen LogP contribution is 2.10. The Morgan fingerprint density at radius 3 is 3.00 bits per heavy atom. The fourth-order valence-electron chi connectivity index (χ4n) is 1.63. The number of nitrogens with zero attached hydrogens (tertiary/aromatic N) is 4. The molecule has 0 aliphatic carbocycles. The van der Waals surface area contributed by atoms with Crippen LogP contribution in [0.1, 0.15) is 17.2 Å². The van der Waals surface area contributed by atoms with E-state index in [1.807, 2.05) is 6.07 Å². The van der Waals surface area contributed by atoms with Crippen LogP contribution in [0.25, 0.3) is 0 Å². The zero-order valence-corrected chi connectivity index (χ0v) is 11.2. The SMILES string of the molecule is Cc1nc(CN(C)C(=O)Nc2cccc(C#N)c2)n[nH]1. The molecule has 0 aliphatic heterocycles. The molecule has 102 valence electrons. The van der Waals surface area contributed by atoms with Crippen LogP contribution in [0.4, 0.5) is 10.5 Å². The highest BCUT2D eigenvalue weighted by atomic mass is 16.2. The fourth-order valence-corrected chi connectivity index (χ4v) is 1.63. The van der Waals surface area contributed by atoms with Gasteiger partial charge in [-0.3, -0.25) is 5.10 Å². The van der Waals surface area contributed by atoms with Crippen LogP contribution in [-0.4, -0.2) is 33.2 Å². The van der Waals surface area contributed by atoms with E-state index in [2.05, 4.69) is 20.5 Å². The largest absolute Gasteiger partial charge is 0.321 e. The number of aromatic amines is 1. The van der Waals surface area contributed by atoms with Gasteiger partial charge in [-0.05, 0) is 25.1 Å². The van der Waals surface area contributed by atoms with Gasteiger partial charge in [-0.25, -0.2) is 9.78 Å². The molecule has 0 radical (unpaired) electrons. The summed E-state index contributed by atoms with van der Waals surface area (Å²) in [4.78, 5) is 17.6. The van der Waals surface area contributed by atoms with E-state index in [4.69, 9.17) is 5.26 Å². The molecule has 0 unspecified atom stereocenters. The maximum atomic E-state index is 12.0. The van der Waals surface area contributed by atoms with Crippen molar-refractivity contribution < 1.29 is 4.79 Å². The number of aryl methyl sites for hydroxylation is 1. The Kier molecular flexibility index (Phi) is 3.96. The Labute approximate surface area is 116 Å². The van der Waals surface area contributed by atoms with E-state index in [9.17, 15) is 4.79 Å². The van der Waals surface area contributed by atoms with Gasteiger partial charge in [0.2, 0.25) is 0 Å². The normalized spacial score (nSPS) is 9.85. The van der Waals surface area contributed by atoms with Crippen molar-refractivity contribution in [3.63, 3.8) is 0 Å². The molecule has 0 saturated heterocycles. The van der Waals surface area contributed by atoms with Crippen molar-refractivity contribution in [2.45, 2.75) is 13.5 Å². The van der Waals surface area contributed by atoms with E-state index in [0.29, 0.717) is 29.4 Å². The monoisotopic (exact) mass is 270 g/mol. The summed E-state index contributed by atoms with van der Waals surface area (Å²) in [5.74, 6) is 1.25. The molecule has 0 saturated carbocycles. The highest BCUT2D eigenvalue weighted by Gasteiger charge is 2.12. The summed E-state index contributed by atoms with van der Waals surface area (Å²) in [5, 5.41) is 18.2. The Morgan fingerprint density at radius 1 is 1.55 bits per heavy atom. The van der Waals surface area contributed by atoms with Crippen LogP contribution in [0, 0.1) is 18.3 Å². The van der Waals surface area contributed by atoms with E-state index in [1.165, 1.54) is 4.90 Å². The molecule has 0 fully saturated rings. The number of aromatic nitrogens is 3. The molecule has 2 rings (SSSR count). The average Bonchev–Trinajstić information content (AvgIpc) is 2.84.